The first-order valence-electron chi connectivity index (χ1n) is 21.6. The Hall–Kier alpha value is -3.30. The predicted octanol–water partition coefficient (Wildman–Crippen LogP) is 3.88. The van der Waals surface area contributed by atoms with Gasteiger partial charge < -0.3 is 36.8 Å². The summed E-state index contributed by atoms with van der Waals surface area (Å²) in [5.41, 5.74) is 6.30. The van der Waals surface area contributed by atoms with Crippen molar-refractivity contribution in [3.05, 3.63) is 0 Å². The monoisotopic (exact) mass is 806 g/mol. The number of hydrogen-bond donors (Lipinski definition) is 7. The summed E-state index contributed by atoms with van der Waals surface area (Å²) in [6.45, 7) is 7.28. The van der Waals surface area contributed by atoms with E-state index in [4.69, 9.17) is 15.9 Å². The molecular weight excluding hydrogens is 734 g/mol. The molecule has 15 nitrogen and oxygen atoms in total. The molecule has 0 saturated heterocycles. The number of carboxylic acids is 4. The Morgan fingerprint density at radius 2 is 1.40 bits per heavy atom. The average molecular weight is 806 g/mol. The van der Waals surface area contributed by atoms with Crippen LogP contribution in [0, 0.1) is 46.3 Å². The third-order valence-electron chi connectivity index (χ3n) is 15.0. The van der Waals surface area contributed by atoms with Crippen LogP contribution < -0.4 is 16.4 Å². The smallest absolute Gasteiger partial charge is 0.320 e. The van der Waals surface area contributed by atoms with E-state index in [9.17, 15) is 39.0 Å². The maximum Gasteiger partial charge on any atom is 0.320 e. The van der Waals surface area contributed by atoms with Crippen LogP contribution in [0.5, 0.6) is 0 Å². The van der Waals surface area contributed by atoms with Crippen molar-refractivity contribution in [1.29, 1.82) is 0 Å². The predicted molar refractivity (Wildman–Crippen MR) is 213 cm³/mol. The van der Waals surface area contributed by atoms with Gasteiger partial charge in [-0.05, 0) is 130 Å². The summed E-state index contributed by atoms with van der Waals surface area (Å²) in [6, 6.07) is -0.781. The van der Waals surface area contributed by atoms with Gasteiger partial charge in [0, 0.05) is 58.0 Å². The molecule has 57 heavy (non-hydrogen) atoms. The number of carbonyl (C=O) groups excluding carboxylic acids is 2. The standard InChI is InChI=1S/C42H71N5O10/c1-27(7-14-37(50)51)31-10-11-32-30-9-8-28-24-29(15-17-41(28,2)33(30)16-18-42(31,32)3)45-36(49)13-12-35(48)44-20-5-4-6-34(40(56)57)47(21-19-43)23-22-46(25-38(52)53)26-39(54)55/h27-34H,4-26,43H2,1-3H3,(H,44,48)(H,45,49)(H,50,51)(H,52,53)(H,54,55)(H,56,57)/t27?,28-,29+,30?,31?,32?,33?,34+,41+,42-/m1/s1. The van der Waals surface area contributed by atoms with Crippen LogP contribution in [-0.4, -0.2) is 124 Å². The van der Waals surface area contributed by atoms with Gasteiger partial charge in [-0.3, -0.25) is 38.6 Å². The minimum Gasteiger partial charge on any atom is -0.481 e. The first kappa shape index (κ1) is 46.4. The summed E-state index contributed by atoms with van der Waals surface area (Å²) >= 11 is 0. The fraction of sp³-hybridized carbons (Fsp3) is 0.857. The lowest BCUT2D eigenvalue weighted by atomic mass is 9.44. The molecular formula is C42H71N5O10. The van der Waals surface area contributed by atoms with Gasteiger partial charge in [-0.25, -0.2) is 0 Å². The molecule has 5 unspecified atom stereocenters. The molecule has 0 aromatic carbocycles. The van der Waals surface area contributed by atoms with Gasteiger partial charge in [0.05, 0.1) is 13.1 Å². The van der Waals surface area contributed by atoms with E-state index in [1.807, 2.05) is 0 Å². The highest BCUT2D eigenvalue weighted by Crippen LogP contribution is 2.68. The Bertz CT molecular complexity index is 1400. The number of fused-ring (bicyclic) bond motifs is 5. The van der Waals surface area contributed by atoms with E-state index in [0.29, 0.717) is 48.5 Å². The number of unbranched alkanes of at least 4 members (excludes halogenated alkanes) is 1. The molecule has 0 aromatic heterocycles. The van der Waals surface area contributed by atoms with Crippen LogP contribution >= 0.6 is 0 Å². The second-order valence-corrected chi connectivity index (χ2v) is 18.4. The minimum atomic E-state index is -1.18. The Balaban J connectivity index is 1.16. The molecule has 324 valence electrons. The van der Waals surface area contributed by atoms with Gasteiger partial charge in [0.1, 0.15) is 6.04 Å². The fourth-order valence-corrected chi connectivity index (χ4v) is 12.1. The van der Waals surface area contributed by atoms with E-state index >= 15 is 0 Å². The summed E-state index contributed by atoms with van der Waals surface area (Å²) < 4.78 is 0. The quantitative estimate of drug-likeness (QED) is 0.0687. The average Bonchev–Trinajstić information content (AvgIpc) is 3.50. The number of nitrogens with zero attached hydrogens (tertiary/aromatic N) is 2. The third kappa shape index (κ3) is 12.4. The van der Waals surface area contributed by atoms with Crippen LogP contribution in [0.1, 0.15) is 124 Å². The normalized spacial score (nSPS) is 30.4. The lowest BCUT2D eigenvalue weighted by molar-refractivity contribution is -0.145. The molecule has 4 aliphatic carbocycles. The fourth-order valence-electron chi connectivity index (χ4n) is 12.1. The molecule has 0 aromatic rings. The molecule has 0 bridgehead atoms. The van der Waals surface area contributed by atoms with E-state index in [-0.39, 0.29) is 75.1 Å². The number of amides is 2. The molecule has 4 rings (SSSR count). The number of nitrogens with one attached hydrogen (secondary N) is 2. The number of rotatable bonds is 24. The molecule has 2 amide bonds. The molecule has 0 heterocycles. The van der Waals surface area contributed by atoms with Gasteiger partial charge in [-0.2, -0.15) is 0 Å². The van der Waals surface area contributed by atoms with Crippen molar-refractivity contribution >= 4 is 35.7 Å². The molecule has 0 spiro atoms. The minimum absolute atomic E-state index is 0.0499. The second kappa shape index (κ2) is 21.1. The summed E-state index contributed by atoms with van der Waals surface area (Å²) in [4.78, 5) is 74.1. The van der Waals surface area contributed by atoms with Crippen LogP contribution in [0.15, 0.2) is 0 Å². The summed E-state index contributed by atoms with van der Waals surface area (Å²) in [5, 5.41) is 43.5. The summed E-state index contributed by atoms with van der Waals surface area (Å²) in [6.07, 6.45) is 12.9. The lowest BCUT2D eigenvalue weighted by Crippen LogP contribution is -2.55. The van der Waals surface area contributed by atoms with Gasteiger partial charge in [0.25, 0.3) is 0 Å². The molecule has 4 aliphatic rings. The number of aliphatic carboxylic acids is 4. The van der Waals surface area contributed by atoms with Crippen molar-refractivity contribution in [2.45, 2.75) is 136 Å². The molecule has 0 radical (unpaired) electrons. The lowest BCUT2D eigenvalue weighted by Gasteiger charge is -2.61. The second-order valence-electron chi connectivity index (χ2n) is 18.4. The first-order valence-corrected chi connectivity index (χ1v) is 21.6. The number of carboxylic acid groups (broad SMARTS) is 4. The van der Waals surface area contributed by atoms with Gasteiger partial charge in [0.15, 0.2) is 0 Å². The zero-order chi connectivity index (χ0) is 41.9. The molecule has 8 N–H and O–H groups in total. The van der Waals surface area contributed by atoms with Crippen LogP contribution in [-0.2, 0) is 28.8 Å². The molecule has 15 heteroatoms. The largest absolute Gasteiger partial charge is 0.481 e. The van der Waals surface area contributed by atoms with Gasteiger partial charge >= 0.3 is 23.9 Å². The summed E-state index contributed by atoms with van der Waals surface area (Å²) in [7, 11) is 0. The Labute approximate surface area is 338 Å². The molecule has 4 fully saturated rings. The first-order chi connectivity index (χ1) is 27.0. The van der Waals surface area contributed by atoms with Crippen LogP contribution in [0.25, 0.3) is 0 Å². The zero-order valence-electron chi connectivity index (χ0n) is 34.6. The van der Waals surface area contributed by atoms with Crippen molar-refractivity contribution < 1.29 is 49.2 Å². The third-order valence-corrected chi connectivity index (χ3v) is 15.0. The number of carbonyl (C=O) groups is 6. The Kier molecular flexibility index (Phi) is 17.2. The van der Waals surface area contributed by atoms with E-state index in [2.05, 4.69) is 31.4 Å². The maximum atomic E-state index is 13.0. The SMILES string of the molecule is CC(CCC(=O)O)C1CCC2C3CC[C@@H]4C[C@@H](NC(=O)CCC(=O)NCCCC[C@@H](C(=O)O)N(CCN)CCN(CC(=O)O)CC(=O)O)CC[C@]4(C)C3CC[C@]12C. The van der Waals surface area contributed by atoms with Gasteiger partial charge in [0.2, 0.25) is 11.8 Å². The zero-order valence-corrected chi connectivity index (χ0v) is 34.6. The van der Waals surface area contributed by atoms with Crippen molar-refractivity contribution in [3.63, 3.8) is 0 Å². The van der Waals surface area contributed by atoms with Crippen molar-refractivity contribution in [3.8, 4) is 0 Å². The van der Waals surface area contributed by atoms with Crippen molar-refractivity contribution in [2.24, 2.45) is 52.1 Å². The van der Waals surface area contributed by atoms with Crippen molar-refractivity contribution in [1.82, 2.24) is 20.4 Å². The molecule has 4 saturated carbocycles. The van der Waals surface area contributed by atoms with Crippen molar-refractivity contribution in [2.75, 3.05) is 45.8 Å². The highest BCUT2D eigenvalue weighted by molar-refractivity contribution is 5.83. The van der Waals surface area contributed by atoms with Crippen LogP contribution in [0.3, 0.4) is 0 Å². The highest BCUT2D eigenvalue weighted by atomic mass is 16.4. The maximum absolute atomic E-state index is 13.0. The van der Waals surface area contributed by atoms with Crippen LogP contribution in [0.2, 0.25) is 0 Å². The Morgan fingerprint density at radius 1 is 0.737 bits per heavy atom. The van der Waals surface area contributed by atoms with Crippen LogP contribution in [0.4, 0.5) is 0 Å². The van der Waals surface area contributed by atoms with Gasteiger partial charge in [-0.15, -0.1) is 0 Å². The van der Waals surface area contributed by atoms with E-state index < -0.39 is 43.0 Å². The highest BCUT2D eigenvalue weighted by Gasteiger charge is 2.60. The Morgan fingerprint density at radius 3 is 2.05 bits per heavy atom. The van der Waals surface area contributed by atoms with Gasteiger partial charge in [-0.1, -0.05) is 20.8 Å². The van der Waals surface area contributed by atoms with E-state index in [0.717, 1.165) is 37.5 Å². The van der Waals surface area contributed by atoms with E-state index in [1.165, 1.54) is 43.4 Å². The molecule has 0 aliphatic heterocycles. The molecule has 10 atom stereocenters. The number of hydrogen-bond acceptors (Lipinski definition) is 9. The number of nitrogens with two attached hydrogens (primary N) is 1. The summed E-state index contributed by atoms with van der Waals surface area (Å²) in [5.74, 6) is -0.677. The topological polar surface area (TPSA) is 240 Å². The van der Waals surface area contributed by atoms with E-state index in [1.54, 1.807) is 4.90 Å².